The molecule has 0 aliphatic carbocycles. The number of rotatable bonds is 4. The van der Waals surface area contributed by atoms with Crippen molar-refractivity contribution in [1.82, 2.24) is 20.3 Å². The van der Waals surface area contributed by atoms with Crippen molar-refractivity contribution in [2.45, 2.75) is 19.6 Å². The minimum absolute atomic E-state index is 0.197. The molecule has 0 spiro atoms. The summed E-state index contributed by atoms with van der Waals surface area (Å²) >= 11 is 0. The lowest BCUT2D eigenvalue weighted by Crippen LogP contribution is -2.24. The molecule has 1 amide bonds. The molecular weight excluding hydrogens is 312 g/mol. The van der Waals surface area contributed by atoms with Crippen LogP contribution >= 0.6 is 0 Å². The molecule has 4 rings (SSSR count). The Morgan fingerprint density at radius 3 is 3.17 bits per heavy atom. The van der Waals surface area contributed by atoms with Gasteiger partial charge in [-0.05, 0) is 12.1 Å². The molecule has 0 aromatic carbocycles. The fourth-order valence-corrected chi connectivity index (χ4v) is 2.80. The maximum absolute atomic E-state index is 12.2. The van der Waals surface area contributed by atoms with Crippen LogP contribution in [0.1, 0.15) is 27.4 Å². The van der Waals surface area contributed by atoms with E-state index >= 15 is 0 Å². The smallest absolute Gasteiger partial charge is 0.273 e. The highest BCUT2D eigenvalue weighted by molar-refractivity contribution is 5.92. The average molecular weight is 328 g/mol. The van der Waals surface area contributed by atoms with Gasteiger partial charge in [0.2, 0.25) is 5.76 Å². The Morgan fingerprint density at radius 1 is 1.42 bits per heavy atom. The van der Waals surface area contributed by atoms with Crippen LogP contribution in [-0.4, -0.2) is 27.5 Å². The molecule has 0 fully saturated rings. The van der Waals surface area contributed by atoms with Gasteiger partial charge in [-0.2, -0.15) is 5.10 Å². The highest BCUT2D eigenvalue weighted by Gasteiger charge is 2.21. The molecule has 0 atom stereocenters. The first kappa shape index (κ1) is 14.7. The second-order valence-electron chi connectivity index (χ2n) is 5.53. The topological polar surface area (TPSA) is 95.3 Å². The Balaban J connectivity index is 1.46. The van der Waals surface area contributed by atoms with Crippen molar-refractivity contribution in [2.24, 2.45) is 7.05 Å². The Labute approximate surface area is 137 Å². The van der Waals surface area contributed by atoms with Crippen LogP contribution in [0, 0.1) is 0 Å². The molecule has 1 aliphatic heterocycles. The number of ether oxygens (including phenoxy) is 1. The van der Waals surface area contributed by atoms with Gasteiger partial charge >= 0.3 is 0 Å². The number of carbonyl (C=O) groups is 1. The number of nitrogens with one attached hydrogen (secondary N) is 1. The fourth-order valence-electron chi connectivity index (χ4n) is 2.80. The van der Waals surface area contributed by atoms with Crippen molar-refractivity contribution in [1.29, 1.82) is 0 Å². The van der Waals surface area contributed by atoms with E-state index in [1.165, 1.54) is 6.26 Å². The molecule has 0 unspecified atom stereocenters. The normalized spacial score (nSPS) is 13.7. The minimum atomic E-state index is -0.326. The molecule has 3 aromatic rings. The SMILES string of the molecule is Cn1nc(CNC(=O)c2cc(-c3ccco3)on2)c2c1CCOC2. The molecular formula is C16H16N4O4. The Morgan fingerprint density at radius 2 is 2.33 bits per heavy atom. The summed E-state index contributed by atoms with van der Waals surface area (Å²) in [7, 11) is 1.91. The molecule has 1 N–H and O–H groups in total. The summed E-state index contributed by atoms with van der Waals surface area (Å²) in [6.45, 7) is 1.54. The molecule has 1 aliphatic rings. The van der Waals surface area contributed by atoms with Gasteiger partial charge in [0, 0.05) is 30.8 Å². The van der Waals surface area contributed by atoms with Crippen LogP contribution in [0.3, 0.4) is 0 Å². The second kappa shape index (κ2) is 5.97. The standard InChI is InChI=1S/C16H16N4O4/c1-20-13-4-6-22-9-10(13)12(18-20)8-17-16(21)11-7-15(24-19-11)14-3-2-5-23-14/h2-3,5,7H,4,6,8-9H2,1H3,(H,17,21). The van der Waals surface area contributed by atoms with Gasteiger partial charge in [-0.15, -0.1) is 0 Å². The van der Waals surface area contributed by atoms with Crippen LogP contribution in [0.25, 0.3) is 11.5 Å². The number of nitrogens with zero attached hydrogens (tertiary/aromatic N) is 3. The van der Waals surface area contributed by atoms with E-state index in [1.807, 2.05) is 11.7 Å². The predicted octanol–water partition coefficient (Wildman–Crippen LogP) is 1.67. The van der Waals surface area contributed by atoms with Crippen LogP contribution in [0.5, 0.6) is 0 Å². The van der Waals surface area contributed by atoms with Crippen LogP contribution in [0.2, 0.25) is 0 Å². The molecule has 0 saturated carbocycles. The molecule has 24 heavy (non-hydrogen) atoms. The van der Waals surface area contributed by atoms with E-state index < -0.39 is 0 Å². The van der Waals surface area contributed by atoms with Gasteiger partial charge < -0.3 is 19.0 Å². The zero-order chi connectivity index (χ0) is 16.5. The lowest BCUT2D eigenvalue weighted by molar-refractivity contribution is 0.0938. The number of hydrogen-bond donors (Lipinski definition) is 1. The van der Waals surface area contributed by atoms with Crippen LogP contribution in [0.15, 0.2) is 33.4 Å². The highest BCUT2D eigenvalue weighted by Crippen LogP contribution is 2.21. The number of amides is 1. The molecule has 0 bridgehead atoms. The first-order chi connectivity index (χ1) is 11.7. The lowest BCUT2D eigenvalue weighted by Gasteiger charge is -2.13. The lowest BCUT2D eigenvalue weighted by atomic mass is 10.1. The molecule has 0 saturated heterocycles. The number of aromatic nitrogens is 3. The first-order valence-corrected chi connectivity index (χ1v) is 7.62. The quantitative estimate of drug-likeness (QED) is 0.783. The number of carbonyl (C=O) groups excluding carboxylic acids is 1. The zero-order valence-electron chi connectivity index (χ0n) is 13.1. The van der Waals surface area contributed by atoms with E-state index in [9.17, 15) is 4.79 Å². The third-order valence-corrected chi connectivity index (χ3v) is 4.01. The van der Waals surface area contributed by atoms with Crippen LogP contribution < -0.4 is 5.32 Å². The minimum Gasteiger partial charge on any atom is -0.461 e. The maximum atomic E-state index is 12.2. The average Bonchev–Trinajstić information content (AvgIpc) is 3.33. The van der Waals surface area contributed by atoms with Gasteiger partial charge in [-0.3, -0.25) is 9.48 Å². The molecule has 4 heterocycles. The van der Waals surface area contributed by atoms with Gasteiger partial charge in [-0.25, -0.2) is 0 Å². The predicted molar refractivity (Wildman–Crippen MR) is 81.9 cm³/mol. The Kier molecular flexibility index (Phi) is 3.66. The number of aryl methyl sites for hydroxylation is 1. The highest BCUT2D eigenvalue weighted by atomic mass is 16.5. The fraction of sp³-hybridized carbons (Fsp3) is 0.312. The van der Waals surface area contributed by atoms with E-state index in [2.05, 4.69) is 15.6 Å². The second-order valence-corrected chi connectivity index (χ2v) is 5.53. The summed E-state index contributed by atoms with van der Waals surface area (Å²) in [4.78, 5) is 12.2. The van der Waals surface area contributed by atoms with E-state index in [0.29, 0.717) is 31.3 Å². The third kappa shape index (κ3) is 2.61. The molecule has 124 valence electrons. The number of hydrogen-bond acceptors (Lipinski definition) is 6. The Bertz CT molecular complexity index is 863. The molecule has 3 aromatic heterocycles. The van der Waals surface area contributed by atoms with E-state index in [-0.39, 0.29) is 11.6 Å². The van der Waals surface area contributed by atoms with Crippen molar-refractivity contribution in [3.05, 3.63) is 47.1 Å². The van der Waals surface area contributed by atoms with Crippen molar-refractivity contribution < 1.29 is 18.5 Å². The summed E-state index contributed by atoms with van der Waals surface area (Å²) in [5.41, 5.74) is 3.23. The van der Waals surface area contributed by atoms with Gasteiger partial charge in [-0.1, -0.05) is 5.16 Å². The zero-order valence-corrected chi connectivity index (χ0v) is 13.1. The van der Waals surface area contributed by atoms with Crippen LogP contribution in [0.4, 0.5) is 0 Å². The van der Waals surface area contributed by atoms with Crippen molar-refractivity contribution in [3.8, 4) is 11.5 Å². The largest absolute Gasteiger partial charge is 0.461 e. The maximum Gasteiger partial charge on any atom is 0.273 e. The number of fused-ring (bicyclic) bond motifs is 1. The van der Waals surface area contributed by atoms with Gasteiger partial charge in [0.15, 0.2) is 11.5 Å². The van der Waals surface area contributed by atoms with Crippen molar-refractivity contribution in [2.75, 3.05) is 6.61 Å². The summed E-state index contributed by atoms with van der Waals surface area (Å²) in [5.74, 6) is 0.610. The van der Waals surface area contributed by atoms with Crippen molar-refractivity contribution in [3.63, 3.8) is 0 Å². The molecule has 0 radical (unpaired) electrons. The van der Waals surface area contributed by atoms with Gasteiger partial charge in [0.25, 0.3) is 5.91 Å². The Hall–Kier alpha value is -2.87. The monoisotopic (exact) mass is 328 g/mol. The van der Waals surface area contributed by atoms with Crippen LogP contribution in [-0.2, 0) is 31.4 Å². The van der Waals surface area contributed by atoms with E-state index in [1.54, 1.807) is 18.2 Å². The summed E-state index contributed by atoms with van der Waals surface area (Å²) in [6, 6.07) is 5.03. The first-order valence-electron chi connectivity index (χ1n) is 7.62. The number of furan rings is 1. The van der Waals surface area contributed by atoms with Crippen molar-refractivity contribution >= 4 is 5.91 Å². The van der Waals surface area contributed by atoms with Gasteiger partial charge in [0.1, 0.15) is 0 Å². The molecule has 8 nitrogen and oxygen atoms in total. The third-order valence-electron chi connectivity index (χ3n) is 4.01. The van der Waals surface area contributed by atoms with Gasteiger partial charge in [0.05, 0.1) is 31.7 Å². The molecule has 8 heteroatoms. The van der Waals surface area contributed by atoms with E-state index in [4.69, 9.17) is 13.7 Å². The van der Waals surface area contributed by atoms with E-state index in [0.717, 1.165) is 23.4 Å². The summed E-state index contributed by atoms with van der Waals surface area (Å²) in [6.07, 6.45) is 2.37. The summed E-state index contributed by atoms with van der Waals surface area (Å²) in [5, 5.41) is 11.1. The summed E-state index contributed by atoms with van der Waals surface area (Å²) < 4.78 is 17.7.